The number of H-pyrrole nitrogens is 1. The van der Waals surface area contributed by atoms with Crippen LogP contribution in [-0.4, -0.2) is 67.2 Å². The van der Waals surface area contributed by atoms with E-state index in [4.69, 9.17) is 4.74 Å². The highest BCUT2D eigenvalue weighted by Crippen LogP contribution is 2.26. The van der Waals surface area contributed by atoms with E-state index in [2.05, 4.69) is 25.7 Å². The van der Waals surface area contributed by atoms with Crippen LogP contribution in [0.15, 0.2) is 24.3 Å². The van der Waals surface area contributed by atoms with Crippen molar-refractivity contribution in [2.75, 3.05) is 20.3 Å². The Morgan fingerprint density at radius 2 is 1.90 bits per heavy atom. The third-order valence-corrected chi connectivity index (χ3v) is 6.42. The summed E-state index contributed by atoms with van der Waals surface area (Å²) in [6, 6.07) is 4.30. The molecular formula is C26H33F3N4O6. The summed E-state index contributed by atoms with van der Waals surface area (Å²) in [4.78, 5) is 54.3. The van der Waals surface area contributed by atoms with Crippen molar-refractivity contribution < 1.29 is 41.8 Å². The number of amides is 3. The first-order chi connectivity index (χ1) is 18.4. The lowest BCUT2D eigenvalue weighted by atomic mass is 9.90. The summed E-state index contributed by atoms with van der Waals surface area (Å²) in [6.45, 7) is 2.79. The third kappa shape index (κ3) is 8.44. The molecule has 13 heteroatoms. The SMILES string of the molecule is COc1cccc2[nH]c(C(=O)NC(CC(C)C)C(=O)NC(CC3CCCNC3=O)C(=O)COC(F)(F)F)cc12. The molecule has 10 nitrogen and oxygen atoms in total. The highest BCUT2D eigenvalue weighted by Gasteiger charge is 2.35. The van der Waals surface area contributed by atoms with Gasteiger partial charge in [-0.2, -0.15) is 0 Å². The number of ether oxygens (including phenoxy) is 2. The molecule has 3 atom stereocenters. The third-order valence-electron chi connectivity index (χ3n) is 6.42. The molecule has 0 bridgehead atoms. The summed E-state index contributed by atoms with van der Waals surface area (Å²) in [5.41, 5.74) is 0.812. The topological polar surface area (TPSA) is 139 Å². The van der Waals surface area contributed by atoms with Gasteiger partial charge in [0, 0.05) is 23.4 Å². The highest BCUT2D eigenvalue weighted by atomic mass is 19.4. The Labute approximate surface area is 223 Å². The minimum Gasteiger partial charge on any atom is -0.496 e. The molecule has 1 aliphatic rings. The second-order valence-corrected chi connectivity index (χ2v) is 9.89. The summed E-state index contributed by atoms with van der Waals surface area (Å²) >= 11 is 0. The summed E-state index contributed by atoms with van der Waals surface area (Å²) in [5, 5.41) is 8.44. The van der Waals surface area contributed by atoms with E-state index < -0.39 is 48.6 Å². The molecule has 1 fully saturated rings. The van der Waals surface area contributed by atoms with Crippen molar-refractivity contribution >= 4 is 34.4 Å². The standard InChI is InChI=1S/C26H33F3N4O6/c1-14(2)10-19(33-25(37)20-12-16-17(31-20)7-4-8-22(16)38-3)24(36)32-18(21(34)13-39-26(27,28)29)11-15-6-5-9-30-23(15)35/h4,7-8,12,14-15,18-19,31H,5-6,9-11,13H2,1-3H3,(H,30,35)(H,32,36)(H,33,37). The number of piperidine rings is 1. The zero-order chi connectivity index (χ0) is 28.7. The van der Waals surface area contributed by atoms with E-state index in [-0.39, 0.29) is 30.4 Å². The number of benzene rings is 1. The highest BCUT2D eigenvalue weighted by molar-refractivity contribution is 6.02. The van der Waals surface area contributed by atoms with E-state index in [1.54, 1.807) is 24.3 Å². The number of fused-ring (bicyclic) bond motifs is 1. The predicted molar refractivity (Wildman–Crippen MR) is 135 cm³/mol. The lowest BCUT2D eigenvalue weighted by Crippen LogP contribution is -2.54. The molecule has 3 unspecified atom stereocenters. The van der Waals surface area contributed by atoms with Crippen LogP contribution in [0.25, 0.3) is 10.9 Å². The molecule has 3 rings (SSSR count). The normalized spacial score (nSPS) is 17.4. The summed E-state index contributed by atoms with van der Waals surface area (Å²) < 4.78 is 46.7. The van der Waals surface area contributed by atoms with Crippen LogP contribution in [-0.2, 0) is 19.1 Å². The molecule has 39 heavy (non-hydrogen) atoms. The van der Waals surface area contributed by atoms with Crippen LogP contribution in [0.3, 0.4) is 0 Å². The van der Waals surface area contributed by atoms with Crippen molar-refractivity contribution in [1.29, 1.82) is 0 Å². The van der Waals surface area contributed by atoms with Gasteiger partial charge in [0.05, 0.1) is 13.2 Å². The van der Waals surface area contributed by atoms with Crippen LogP contribution in [0.1, 0.15) is 50.0 Å². The molecule has 1 aliphatic heterocycles. The van der Waals surface area contributed by atoms with Gasteiger partial charge in [0.2, 0.25) is 11.8 Å². The van der Waals surface area contributed by atoms with Gasteiger partial charge in [-0.05, 0) is 49.8 Å². The molecule has 2 heterocycles. The summed E-state index contributed by atoms with van der Waals surface area (Å²) in [6.07, 6.45) is -4.00. The molecule has 1 aromatic carbocycles. The zero-order valence-corrected chi connectivity index (χ0v) is 21.9. The van der Waals surface area contributed by atoms with Crippen LogP contribution >= 0.6 is 0 Å². The van der Waals surface area contributed by atoms with E-state index >= 15 is 0 Å². The van der Waals surface area contributed by atoms with Gasteiger partial charge in [0.25, 0.3) is 5.91 Å². The van der Waals surface area contributed by atoms with Crippen molar-refractivity contribution in [2.24, 2.45) is 11.8 Å². The van der Waals surface area contributed by atoms with Crippen LogP contribution in [0.4, 0.5) is 13.2 Å². The van der Waals surface area contributed by atoms with E-state index in [1.165, 1.54) is 7.11 Å². The molecular weight excluding hydrogens is 521 g/mol. The van der Waals surface area contributed by atoms with Gasteiger partial charge in [0.1, 0.15) is 24.1 Å². The summed E-state index contributed by atoms with van der Waals surface area (Å²) in [5.74, 6) is -2.90. The fourth-order valence-electron chi connectivity index (χ4n) is 4.51. The van der Waals surface area contributed by atoms with Crippen LogP contribution < -0.4 is 20.7 Å². The van der Waals surface area contributed by atoms with Crippen molar-refractivity contribution in [3.63, 3.8) is 0 Å². The number of Topliss-reactive ketones (excluding diaryl/α,β-unsaturated/α-hetero) is 1. The van der Waals surface area contributed by atoms with Crippen LogP contribution in [0.2, 0.25) is 0 Å². The molecule has 1 saturated heterocycles. The van der Waals surface area contributed by atoms with Crippen molar-refractivity contribution in [1.82, 2.24) is 20.9 Å². The molecule has 0 spiro atoms. The smallest absolute Gasteiger partial charge is 0.496 e. The van der Waals surface area contributed by atoms with Gasteiger partial charge in [-0.15, -0.1) is 13.2 Å². The number of methoxy groups -OCH3 is 1. The summed E-state index contributed by atoms with van der Waals surface area (Å²) in [7, 11) is 1.50. The van der Waals surface area contributed by atoms with E-state index in [0.29, 0.717) is 36.0 Å². The number of alkyl halides is 3. The second-order valence-electron chi connectivity index (χ2n) is 9.89. The first-order valence-electron chi connectivity index (χ1n) is 12.7. The number of aromatic amines is 1. The molecule has 3 amide bonds. The Balaban J connectivity index is 1.78. The van der Waals surface area contributed by atoms with Gasteiger partial charge < -0.3 is 25.7 Å². The van der Waals surface area contributed by atoms with Crippen molar-refractivity contribution in [3.8, 4) is 5.75 Å². The maximum Gasteiger partial charge on any atom is 0.522 e. The number of rotatable bonds is 12. The molecule has 214 valence electrons. The Bertz CT molecular complexity index is 1200. The number of carbonyl (C=O) groups is 4. The molecule has 0 radical (unpaired) electrons. The Kier molecular flexibility index (Phi) is 9.95. The Morgan fingerprint density at radius 1 is 1.15 bits per heavy atom. The number of ketones is 1. The molecule has 0 aliphatic carbocycles. The number of aromatic nitrogens is 1. The molecule has 1 aromatic heterocycles. The van der Waals surface area contributed by atoms with E-state index in [0.717, 1.165) is 0 Å². The fraction of sp³-hybridized carbons (Fsp3) is 0.538. The monoisotopic (exact) mass is 554 g/mol. The van der Waals surface area contributed by atoms with Gasteiger partial charge in [-0.25, -0.2) is 0 Å². The lowest BCUT2D eigenvalue weighted by molar-refractivity contribution is -0.321. The maximum absolute atomic E-state index is 13.3. The average molecular weight is 555 g/mol. The Hall–Kier alpha value is -3.61. The quantitative estimate of drug-likeness (QED) is 0.318. The fourth-order valence-corrected chi connectivity index (χ4v) is 4.51. The van der Waals surface area contributed by atoms with Gasteiger partial charge >= 0.3 is 6.36 Å². The van der Waals surface area contributed by atoms with Crippen LogP contribution in [0, 0.1) is 11.8 Å². The number of nitrogens with one attached hydrogen (secondary N) is 4. The van der Waals surface area contributed by atoms with Crippen LogP contribution in [0.5, 0.6) is 5.75 Å². The number of carbonyl (C=O) groups excluding carboxylic acids is 4. The number of hydrogen-bond acceptors (Lipinski definition) is 6. The maximum atomic E-state index is 13.3. The first kappa shape index (κ1) is 29.9. The van der Waals surface area contributed by atoms with E-state index in [1.807, 2.05) is 13.8 Å². The zero-order valence-electron chi connectivity index (χ0n) is 21.9. The molecule has 4 N–H and O–H groups in total. The average Bonchev–Trinajstić information content (AvgIpc) is 3.31. The van der Waals surface area contributed by atoms with Gasteiger partial charge in [-0.3, -0.25) is 23.9 Å². The largest absolute Gasteiger partial charge is 0.522 e. The molecule has 2 aromatic rings. The minimum absolute atomic E-state index is 0.0595. The minimum atomic E-state index is -5.04. The van der Waals surface area contributed by atoms with E-state index in [9.17, 15) is 32.3 Å². The number of halogens is 3. The van der Waals surface area contributed by atoms with Gasteiger partial charge in [0.15, 0.2) is 5.78 Å². The molecule has 0 saturated carbocycles. The Morgan fingerprint density at radius 3 is 2.54 bits per heavy atom. The van der Waals surface area contributed by atoms with Crippen molar-refractivity contribution in [3.05, 3.63) is 30.0 Å². The lowest BCUT2D eigenvalue weighted by Gasteiger charge is -2.28. The first-order valence-corrected chi connectivity index (χ1v) is 12.7. The predicted octanol–water partition coefficient (Wildman–Crippen LogP) is 2.83. The second kappa shape index (κ2) is 13.0. The van der Waals surface area contributed by atoms with Crippen molar-refractivity contribution in [2.45, 2.75) is 58.0 Å². The van der Waals surface area contributed by atoms with Gasteiger partial charge in [-0.1, -0.05) is 19.9 Å². The number of hydrogen-bond donors (Lipinski definition) is 4.